The zero-order chi connectivity index (χ0) is 19.9. The Hall–Kier alpha value is -3.22. The van der Waals surface area contributed by atoms with Crippen LogP contribution in [0.5, 0.6) is 0 Å². The third kappa shape index (κ3) is 3.60. The summed E-state index contributed by atoms with van der Waals surface area (Å²) in [5.41, 5.74) is 2.78. The van der Waals surface area contributed by atoms with Gasteiger partial charge in [-0.05, 0) is 31.2 Å². The SMILES string of the molecule is Cc1ccc(F)c(-c2nc3cc[n+](Cc4ccc(C(F)(F)F)cc4)cc3[nH]2)c1. The zero-order valence-electron chi connectivity index (χ0n) is 14.9. The number of H-pyrrole nitrogens is 1. The number of benzene rings is 2. The highest BCUT2D eigenvalue weighted by atomic mass is 19.4. The zero-order valence-corrected chi connectivity index (χ0v) is 14.9. The quantitative estimate of drug-likeness (QED) is 0.389. The molecule has 28 heavy (non-hydrogen) atoms. The number of halogens is 4. The molecule has 0 atom stereocenters. The van der Waals surface area contributed by atoms with E-state index in [2.05, 4.69) is 9.97 Å². The van der Waals surface area contributed by atoms with Crippen LogP contribution in [-0.4, -0.2) is 9.97 Å². The summed E-state index contributed by atoms with van der Waals surface area (Å²) >= 11 is 0. The van der Waals surface area contributed by atoms with Crippen molar-refractivity contribution >= 4 is 11.0 Å². The van der Waals surface area contributed by atoms with Gasteiger partial charge in [-0.2, -0.15) is 17.7 Å². The van der Waals surface area contributed by atoms with Crippen LogP contribution in [0.3, 0.4) is 0 Å². The van der Waals surface area contributed by atoms with Gasteiger partial charge in [0.2, 0.25) is 0 Å². The first-order valence-electron chi connectivity index (χ1n) is 8.61. The van der Waals surface area contributed by atoms with Crippen LogP contribution in [0.15, 0.2) is 60.9 Å². The molecule has 0 saturated carbocycles. The summed E-state index contributed by atoms with van der Waals surface area (Å²) in [6, 6.07) is 11.7. The van der Waals surface area contributed by atoms with Gasteiger partial charge in [-0.1, -0.05) is 23.8 Å². The lowest BCUT2D eigenvalue weighted by Crippen LogP contribution is -2.33. The predicted octanol–water partition coefficient (Wildman–Crippen LogP) is 5.03. The van der Waals surface area contributed by atoms with Crippen LogP contribution in [0, 0.1) is 12.7 Å². The van der Waals surface area contributed by atoms with E-state index < -0.39 is 11.7 Å². The van der Waals surface area contributed by atoms with E-state index in [0.717, 1.165) is 23.3 Å². The molecule has 4 aromatic rings. The van der Waals surface area contributed by atoms with E-state index in [1.807, 2.05) is 11.5 Å². The number of hydrogen-bond donors (Lipinski definition) is 1. The van der Waals surface area contributed by atoms with Crippen LogP contribution in [0.2, 0.25) is 0 Å². The molecule has 0 aliphatic rings. The van der Waals surface area contributed by atoms with Crippen LogP contribution in [-0.2, 0) is 12.7 Å². The first-order valence-corrected chi connectivity index (χ1v) is 8.61. The molecular weight excluding hydrogens is 370 g/mol. The monoisotopic (exact) mass is 386 g/mol. The Morgan fingerprint density at radius 3 is 2.50 bits per heavy atom. The molecule has 0 unspecified atom stereocenters. The molecule has 0 amide bonds. The average Bonchev–Trinajstić information content (AvgIpc) is 3.06. The van der Waals surface area contributed by atoms with Crippen molar-refractivity contribution in [1.82, 2.24) is 9.97 Å². The van der Waals surface area contributed by atoms with Crippen molar-refractivity contribution in [2.75, 3.05) is 0 Å². The standard InChI is InChI=1S/C21H15F4N3/c1-13-2-7-17(22)16(10-13)20-26-18-8-9-28(12-19(18)27-20)11-14-3-5-15(6-4-14)21(23,24)25/h2-10,12H,11H2,1H3/p+1. The summed E-state index contributed by atoms with van der Waals surface area (Å²) in [6.07, 6.45) is -0.754. The summed E-state index contributed by atoms with van der Waals surface area (Å²) in [7, 11) is 0. The minimum absolute atomic E-state index is 0.359. The molecule has 1 N–H and O–H groups in total. The molecular formula is C21H16F4N3+. The summed E-state index contributed by atoms with van der Waals surface area (Å²) in [4.78, 5) is 7.55. The highest BCUT2D eigenvalue weighted by Crippen LogP contribution is 2.29. The number of alkyl halides is 3. The van der Waals surface area contributed by atoms with E-state index in [4.69, 9.17) is 0 Å². The van der Waals surface area contributed by atoms with Gasteiger partial charge in [0, 0.05) is 11.6 Å². The molecule has 0 bridgehead atoms. The minimum atomic E-state index is -4.35. The Kier molecular flexibility index (Phi) is 4.37. The van der Waals surface area contributed by atoms with Crippen LogP contribution < -0.4 is 4.57 Å². The number of hydrogen-bond acceptors (Lipinski definition) is 1. The Labute approximate surface area is 158 Å². The van der Waals surface area contributed by atoms with Gasteiger partial charge in [0.25, 0.3) is 0 Å². The number of aromatic amines is 1. The fourth-order valence-electron chi connectivity index (χ4n) is 3.06. The van der Waals surface area contributed by atoms with E-state index in [1.54, 1.807) is 30.6 Å². The number of aromatic nitrogens is 3. The van der Waals surface area contributed by atoms with Gasteiger partial charge < -0.3 is 4.98 Å². The summed E-state index contributed by atoms with van der Waals surface area (Å²) < 4.78 is 54.0. The number of pyridine rings is 1. The first-order chi connectivity index (χ1) is 13.3. The Bertz CT molecular complexity index is 1140. The molecule has 0 spiro atoms. The fraction of sp³-hybridized carbons (Fsp3) is 0.143. The Morgan fingerprint density at radius 2 is 1.79 bits per heavy atom. The topological polar surface area (TPSA) is 32.6 Å². The van der Waals surface area contributed by atoms with Crippen molar-refractivity contribution in [3.05, 3.63) is 83.4 Å². The van der Waals surface area contributed by atoms with Gasteiger partial charge in [0.15, 0.2) is 18.9 Å². The minimum Gasteiger partial charge on any atom is -0.333 e. The van der Waals surface area contributed by atoms with E-state index in [0.29, 0.717) is 29.0 Å². The van der Waals surface area contributed by atoms with E-state index in [1.165, 1.54) is 18.2 Å². The van der Waals surface area contributed by atoms with Gasteiger partial charge in [0.05, 0.1) is 11.1 Å². The van der Waals surface area contributed by atoms with Crippen LogP contribution in [0.25, 0.3) is 22.4 Å². The van der Waals surface area contributed by atoms with Gasteiger partial charge in [-0.3, -0.25) is 0 Å². The second-order valence-corrected chi connectivity index (χ2v) is 6.68. The molecule has 2 aromatic carbocycles. The van der Waals surface area contributed by atoms with Gasteiger partial charge in [-0.15, -0.1) is 0 Å². The summed E-state index contributed by atoms with van der Waals surface area (Å²) in [5, 5.41) is 0. The van der Waals surface area contributed by atoms with E-state index >= 15 is 0 Å². The maximum absolute atomic E-state index is 14.1. The number of nitrogens with zero attached hydrogens (tertiary/aromatic N) is 2. The van der Waals surface area contributed by atoms with Crippen molar-refractivity contribution < 1.29 is 22.1 Å². The van der Waals surface area contributed by atoms with Crippen molar-refractivity contribution in [3.8, 4) is 11.4 Å². The molecule has 0 aliphatic carbocycles. The molecule has 2 aromatic heterocycles. The van der Waals surface area contributed by atoms with Crippen LogP contribution in [0.4, 0.5) is 17.6 Å². The van der Waals surface area contributed by atoms with Crippen molar-refractivity contribution in [2.24, 2.45) is 0 Å². The molecule has 142 valence electrons. The summed E-state index contributed by atoms with van der Waals surface area (Å²) in [6.45, 7) is 2.28. The van der Waals surface area contributed by atoms with Gasteiger partial charge in [-0.25, -0.2) is 9.37 Å². The molecule has 3 nitrogen and oxygen atoms in total. The lowest BCUT2D eigenvalue weighted by Gasteiger charge is -2.06. The van der Waals surface area contributed by atoms with Crippen molar-refractivity contribution in [1.29, 1.82) is 0 Å². The maximum atomic E-state index is 14.1. The Morgan fingerprint density at radius 1 is 1.04 bits per heavy atom. The lowest BCUT2D eigenvalue weighted by atomic mass is 10.1. The smallest absolute Gasteiger partial charge is 0.333 e. The molecule has 0 aliphatic heterocycles. The molecule has 7 heteroatoms. The van der Waals surface area contributed by atoms with Gasteiger partial charge >= 0.3 is 6.18 Å². The molecule has 4 rings (SSSR count). The van der Waals surface area contributed by atoms with Crippen LogP contribution >= 0.6 is 0 Å². The third-order valence-corrected chi connectivity index (χ3v) is 4.50. The molecule has 0 fully saturated rings. The van der Waals surface area contributed by atoms with Crippen LogP contribution in [0.1, 0.15) is 16.7 Å². The second kappa shape index (κ2) is 6.74. The largest absolute Gasteiger partial charge is 0.416 e. The van der Waals surface area contributed by atoms with Gasteiger partial charge in [0.1, 0.15) is 22.7 Å². The number of aryl methyl sites for hydroxylation is 1. The highest BCUT2D eigenvalue weighted by molar-refractivity contribution is 5.77. The highest BCUT2D eigenvalue weighted by Gasteiger charge is 2.30. The number of imidazole rings is 1. The third-order valence-electron chi connectivity index (χ3n) is 4.50. The number of nitrogens with one attached hydrogen (secondary N) is 1. The van der Waals surface area contributed by atoms with Crippen molar-refractivity contribution in [2.45, 2.75) is 19.6 Å². The average molecular weight is 386 g/mol. The van der Waals surface area contributed by atoms with E-state index in [9.17, 15) is 17.6 Å². The normalized spacial score (nSPS) is 11.9. The summed E-state index contributed by atoms with van der Waals surface area (Å²) in [5.74, 6) is 0.0748. The second-order valence-electron chi connectivity index (χ2n) is 6.68. The first kappa shape index (κ1) is 18.2. The lowest BCUT2D eigenvalue weighted by molar-refractivity contribution is -0.687. The maximum Gasteiger partial charge on any atom is 0.416 e. The molecule has 0 radical (unpaired) electrons. The van der Waals surface area contributed by atoms with Crippen molar-refractivity contribution in [3.63, 3.8) is 0 Å². The number of fused-ring (bicyclic) bond motifs is 1. The van der Waals surface area contributed by atoms with E-state index in [-0.39, 0.29) is 5.82 Å². The number of rotatable bonds is 3. The Balaban J connectivity index is 1.62. The fourth-order valence-corrected chi connectivity index (χ4v) is 3.06. The molecule has 0 saturated heterocycles. The molecule has 2 heterocycles. The predicted molar refractivity (Wildman–Crippen MR) is 97.0 cm³/mol.